The van der Waals surface area contributed by atoms with Gasteiger partial charge >= 0.3 is 0 Å². The van der Waals surface area contributed by atoms with E-state index in [9.17, 15) is 19.7 Å². The molecule has 5 rings (SSSR count). The average molecular weight is 515 g/mol. The van der Waals surface area contributed by atoms with E-state index in [-0.39, 0.29) is 17.2 Å². The number of nitro groups is 1. The monoisotopic (exact) mass is 514 g/mol. The van der Waals surface area contributed by atoms with Crippen LogP contribution in [0, 0.1) is 24.0 Å². The van der Waals surface area contributed by atoms with Crippen molar-refractivity contribution in [2.24, 2.45) is 4.99 Å². The molecule has 0 spiro atoms. The minimum atomic E-state index is -0.812. The maximum atomic E-state index is 13.6. The topological polar surface area (TPSA) is 120 Å². The van der Waals surface area contributed by atoms with Crippen molar-refractivity contribution in [1.29, 1.82) is 0 Å². The predicted molar refractivity (Wildman–Crippen MR) is 140 cm³/mol. The number of furan rings is 1. The van der Waals surface area contributed by atoms with Crippen molar-refractivity contribution in [2.75, 3.05) is 5.32 Å². The smallest absolute Gasteiger partial charge is 0.271 e. The Morgan fingerprint density at radius 1 is 1.11 bits per heavy atom. The summed E-state index contributed by atoms with van der Waals surface area (Å²) in [7, 11) is 0. The highest BCUT2D eigenvalue weighted by Gasteiger charge is 2.34. The molecule has 0 bridgehead atoms. The Morgan fingerprint density at radius 2 is 1.84 bits per heavy atom. The number of nitrogens with one attached hydrogen (secondary N) is 1. The van der Waals surface area contributed by atoms with Crippen LogP contribution in [0.3, 0.4) is 0 Å². The number of carbonyl (C=O) groups is 1. The number of thiazole rings is 1. The highest BCUT2D eigenvalue weighted by Crippen LogP contribution is 2.32. The molecule has 0 radical (unpaired) electrons. The molecule has 1 aliphatic rings. The van der Waals surface area contributed by atoms with E-state index < -0.39 is 11.0 Å². The molecule has 1 unspecified atom stereocenters. The van der Waals surface area contributed by atoms with E-state index in [1.165, 1.54) is 28.0 Å². The van der Waals surface area contributed by atoms with Crippen LogP contribution < -0.4 is 20.2 Å². The molecular formula is C27H22N4O5S. The van der Waals surface area contributed by atoms with E-state index in [2.05, 4.69) is 10.3 Å². The summed E-state index contributed by atoms with van der Waals surface area (Å²) >= 11 is 1.18. The van der Waals surface area contributed by atoms with Gasteiger partial charge in [0.05, 0.1) is 20.7 Å². The zero-order valence-electron chi connectivity index (χ0n) is 20.2. The summed E-state index contributed by atoms with van der Waals surface area (Å²) in [6.45, 7) is 5.44. The number of benzene rings is 2. The number of fused-ring (bicyclic) bond motifs is 1. The number of aryl methyl sites for hydroxylation is 2. The van der Waals surface area contributed by atoms with E-state index in [1.54, 1.807) is 44.2 Å². The summed E-state index contributed by atoms with van der Waals surface area (Å²) in [5.41, 5.74) is 2.62. The first-order valence-corrected chi connectivity index (χ1v) is 12.2. The highest BCUT2D eigenvalue weighted by atomic mass is 32.1. The molecule has 2 aromatic heterocycles. The number of hydrogen-bond acceptors (Lipinski definition) is 7. The van der Waals surface area contributed by atoms with Gasteiger partial charge in [-0.2, -0.15) is 0 Å². The summed E-state index contributed by atoms with van der Waals surface area (Å²) in [5, 5.41) is 13.9. The van der Waals surface area contributed by atoms with Gasteiger partial charge in [0.1, 0.15) is 17.6 Å². The lowest BCUT2D eigenvalue weighted by atomic mass is 10.00. The first-order valence-electron chi connectivity index (χ1n) is 11.4. The number of allylic oxidation sites excluding steroid dienone is 1. The third kappa shape index (κ3) is 4.54. The number of amides is 1. The minimum Gasteiger partial charge on any atom is -0.464 e. The first kappa shape index (κ1) is 24.1. The Hall–Kier alpha value is -4.57. The van der Waals surface area contributed by atoms with Crippen LogP contribution in [-0.4, -0.2) is 15.4 Å². The lowest BCUT2D eigenvalue weighted by Gasteiger charge is -2.23. The molecule has 0 fully saturated rings. The van der Waals surface area contributed by atoms with Crippen LogP contribution in [0.2, 0.25) is 0 Å². The van der Waals surface area contributed by atoms with Crippen LogP contribution in [0.15, 0.2) is 86.1 Å². The lowest BCUT2D eigenvalue weighted by molar-refractivity contribution is -0.384. The van der Waals surface area contributed by atoms with Gasteiger partial charge in [0.25, 0.3) is 17.2 Å². The van der Waals surface area contributed by atoms with Crippen molar-refractivity contribution in [3.8, 4) is 0 Å². The fourth-order valence-corrected chi connectivity index (χ4v) is 5.27. The molecule has 2 aromatic carbocycles. The molecule has 10 heteroatoms. The fourth-order valence-electron chi connectivity index (χ4n) is 4.23. The van der Waals surface area contributed by atoms with E-state index in [0.717, 1.165) is 5.56 Å². The summed E-state index contributed by atoms with van der Waals surface area (Å²) in [6.07, 6.45) is 1.66. The predicted octanol–water partition coefficient (Wildman–Crippen LogP) is 3.99. The fraction of sp³-hybridized carbons (Fsp3) is 0.148. The molecule has 1 N–H and O–H groups in total. The Labute approximate surface area is 214 Å². The van der Waals surface area contributed by atoms with Gasteiger partial charge in [-0.3, -0.25) is 24.3 Å². The minimum absolute atomic E-state index is 0.0354. The second-order valence-electron chi connectivity index (χ2n) is 8.65. The SMILES string of the molecule is CC1=C(C(=O)Nc2ccccc2C)C(c2ccc(C)o2)n2c(s/c(=C/c3ccc([N+](=O)[O-])cc3)c2=O)=N1. The highest BCUT2D eigenvalue weighted by molar-refractivity contribution is 7.07. The zero-order chi connectivity index (χ0) is 26.3. The number of rotatable bonds is 5. The Bertz CT molecular complexity index is 1760. The normalized spacial score (nSPS) is 15.3. The van der Waals surface area contributed by atoms with Crippen molar-refractivity contribution in [3.63, 3.8) is 0 Å². The standard InChI is InChI=1S/C27H22N4O5S/c1-15-6-4-5-7-20(15)29-25(32)23-17(3)28-27-30(24(23)21-13-8-16(2)36-21)26(33)22(37-27)14-18-9-11-19(12-10-18)31(34)35/h4-14,24H,1-3H3,(H,29,32)/b22-14+. The first-order chi connectivity index (χ1) is 17.7. The van der Waals surface area contributed by atoms with Gasteiger partial charge in [-0.05, 0) is 68.3 Å². The summed E-state index contributed by atoms with van der Waals surface area (Å²) in [5.74, 6) is 0.722. The van der Waals surface area contributed by atoms with Crippen molar-refractivity contribution >= 4 is 34.7 Å². The quantitative estimate of drug-likeness (QED) is 0.319. The van der Waals surface area contributed by atoms with Crippen LogP contribution in [0.5, 0.6) is 0 Å². The number of aromatic nitrogens is 1. The average Bonchev–Trinajstić information content (AvgIpc) is 3.42. The second kappa shape index (κ2) is 9.47. The molecule has 37 heavy (non-hydrogen) atoms. The number of nitro benzene ring substituents is 1. The molecular weight excluding hydrogens is 492 g/mol. The summed E-state index contributed by atoms with van der Waals surface area (Å²) < 4.78 is 7.77. The van der Waals surface area contributed by atoms with Crippen molar-refractivity contribution < 1.29 is 14.1 Å². The largest absolute Gasteiger partial charge is 0.464 e. The number of anilines is 1. The van der Waals surface area contributed by atoms with E-state index in [4.69, 9.17) is 4.42 Å². The molecule has 1 amide bonds. The molecule has 0 saturated carbocycles. The lowest BCUT2D eigenvalue weighted by Crippen LogP contribution is -2.40. The Morgan fingerprint density at radius 3 is 2.49 bits per heavy atom. The van der Waals surface area contributed by atoms with Gasteiger partial charge in [-0.1, -0.05) is 29.5 Å². The second-order valence-corrected chi connectivity index (χ2v) is 9.66. The maximum absolute atomic E-state index is 13.6. The number of carbonyl (C=O) groups excluding carboxylic acids is 1. The number of para-hydroxylation sites is 1. The van der Waals surface area contributed by atoms with Gasteiger partial charge < -0.3 is 9.73 Å². The Kier molecular flexibility index (Phi) is 6.18. The van der Waals surface area contributed by atoms with Gasteiger partial charge in [0, 0.05) is 17.8 Å². The van der Waals surface area contributed by atoms with Crippen LogP contribution in [-0.2, 0) is 4.79 Å². The Balaban J connectivity index is 1.63. The number of hydrogen-bond donors (Lipinski definition) is 1. The maximum Gasteiger partial charge on any atom is 0.271 e. The van der Waals surface area contributed by atoms with Crippen molar-refractivity contribution in [1.82, 2.24) is 4.57 Å². The molecule has 0 aliphatic carbocycles. The van der Waals surface area contributed by atoms with Crippen LogP contribution in [0.4, 0.5) is 11.4 Å². The molecule has 1 atom stereocenters. The zero-order valence-corrected chi connectivity index (χ0v) is 21.0. The summed E-state index contributed by atoms with van der Waals surface area (Å²) in [4.78, 5) is 42.8. The number of nitrogens with zero attached hydrogens (tertiary/aromatic N) is 3. The molecule has 1 aliphatic heterocycles. The van der Waals surface area contributed by atoms with Crippen LogP contribution in [0.25, 0.3) is 6.08 Å². The van der Waals surface area contributed by atoms with Crippen molar-refractivity contribution in [2.45, 2.75) is 26.8 Å². The number of non-ortho nitro benzene ring substituents is 1. The van der Waals surface area contributed by atoms with Crippen molar-refractivity contribution in [3.05, 3.63) is 124 Å². The molecule has 9 nitrogen and oxygen atoms in total. The summed E-state index contributed by atoms with van der Waals surface area (Å²) in [6, 6.07) is 16.1. The van der Waals surface area contributed by atoms with Crippen LogP contribution in [0.1, 0.15) is 35.6 Å². The van der Waals surface area contributed by atoms with Crippen LogP contribution >= 0.6 is 11.3 Å². The third-order valence-electron chi connectivity index (χ3n) is 6.09. The van der Waals surface area contributed by atoms with E-state index >= 15 is 0 Å². The van der Waals surface area contributed by atoms with Gasteiger partial charge in [0.2, 0.25) is 0 Å². The molecule has 4 aromatic rings. The molecule has 0 saturated heterocycles. The molecule has 186 valence electrons. The van der Waals surface area contributed by atoms with Gasteiger partial charge in [-0.15, -0.1) is 0 Å². The third-order valence-corrected chi connectivity index (χ3v) is 7.07. The van der Waals surface area contributed by atoms with E-state index in [1.807, 2.05) is 31.2 Å². The molecule has 3 heterocycles. The van der Waals surface area contributed by atoms with Gasteiger partial charge in [0.15, 0.2) is 4.80 Å². The van der Waals surface area contributed by atoms with E-state index in [0.29, 0.717) is 43.4 Å². The van der Waals surface area contributed by atoms with Gasteiger partial charge in [-0.25, -0.2) is 4.99 Å².